The van der Waals surface area contributed by atoms with Crippen LogP contribution in [0.1, 0.15) is 12.8 Å². The summed E-state index contributed by atoms with van der Waals surface area (Å²) in [5.41, 5.74) is 5.35. The number of amides is 2. The van der Waals surface area contributed by atoms with E-state index in [1.54, 1.807) is 9.80 Å². The number of piperazine rings is 1. The van der Waals surface area contributed by atoms with E-state index in [1.807, 2.05) is 0 Å². The highest BCUT2D eigenvalue weighted by Gasteiger charge is 2.23. The number of carbonyl (C=O) groups excluding carboxylic acids is 2. The summed E-state index contributed by atoms with van der Waals surface area (Å²) in [6.45, 7) is 2.78. The summed E-state index contributed by atoms with van der Waals surface area (Å²) in [5, 5.41) is 0. The van der Waals surface area contributed by atoms with Crippen molar-refractivity contribution < 1.29 is 14.3 Å². The molecule has 1 heterocycles. The minimum Gasteiger partial charge on any atom is -0.453 e. The second-order valence-corrected chi connectivity index (χ2v) is 3.73. The third kappa shape index (κ3) is 3.37. The van der Waals surface area contributed by atoms with Crippen LogP contribution in [0.2, 0.25) is 0 Å². The average molecular weight is 229 g/mol. The van der Waals surface area contributed by atoms with Crippen LogP contribution in [-0.4, -0.2) is 61.6 Å². The smallest absolute Gasteiger partial charge is 0.409 e. The van der Waals surface area contributed by atoms with Gasteiger partial charge in [0.05, 0.1) is 7.11 Å². The first kappa shape index (κ1) is 12.8. The van der Waals surface area contributed by atoms with E-state index in [2.05, 4.69) is 4.74 Å². The van der Waals surface area contributed by atoms with Crippen LogP contribution in [0.5, 0.6) is 0 Å². The van der Waals surface area contributed by atoms with Crippen LogP contribution in [0.25, 0.3) is 0 Å². The monoisotopic (exact) mass is 229 g/mol. The molecule has 92 valence electrons. The van der Waals surface area contributed by atoms with Crippen molar-refractivity contribution in [2.75, 3.05) is 39.8 Å². The molecular weight excluding hydrogens is 210 g/mol. The maximum Gasteiger partial charge on any atom is 0.409 e. The number of rotatable bonds is 3. The summed E-state index contributed by atoms with van der Waals surface area (Å²) in [6, 6.07) is 0. The van der Waals surface area contributed by atoms with Gasteiger partial charge in [-0.1, -0.05) is 0 Å². The molecule has 6 heteroatoms. The van der Waals surface area contributed by atoms with Crippen molar-refractivity contribution in [2.45, 2.75) is 12.8 Å². The second-order valence-electron chi connectivity index (χ2n) is 3.73. The minimum absolute atomic E-state index is 0.120. The van der Waals surface area contributed by atoms with Crippen LogP contribution in [-0.2, 0) is 9.53 Å². The predicted molar refractivity (Wildman–Crippen MR) is 58.8 cm³/mol. The zero-order valence-electron chi connectivity index (χ0n) is 9.65. The Bertz CT molecular complexity index is 250. The van der Waals surface area contributed by atoms with Gasteiger partial charge in [0, 0.05) is 32.6 Å². The van der Waals surface area contributed by atoms with Gasteiger partial charge in [0.15, 0.2) is 0 Å². The minimum atomic E-state index is -0.325. The molecule has 0 atom stereocenters. The summed E-state index contributed by atoms with van der Waals surface area (Å²) < 4.78 is 4.62. The molecule has 1 aliphatic rings. The fourth-order valence-electron chi connectivity index (χ4n) is 1.68. The van der Waals surface area contributed by atoms with Gasteiger partial charge in [-0.3, -0.25) is 4.79 Å². The number of carbonyl (C=O) groups is 2. The Morgan fingerprint density at radius 2 is 1.75 bits per heavy atom. The molecule has 0 aromatic heterocycles. The molecule has 0 aromatic carbocycles. The van der Waals surface area contributed by atoms with Gasteiger partial charge in [-0.15, -0.1) is 0 Å². The van der Waals surface area contributed by atoms with E-state index in [0.717, 1.165) is 6.42 Å². The number of nitrogens with zero attached hydrogens (tertiary/aromatic N) is 2. The van der Waals surface area contributed by atoms with Crippen LogP contribution in [0.15, 0.2) is 0 Å². The lowest BCUT2D eigenvalue weighted by Gasteiger charge is -2.33. The summed E-state index contributed by atoms with van der Waals surface area (Å²) in [5.74, 6) is 0.120. The van der Waals surface area contributed by atoms with Gasteiger partial charge in [0.25, 0.3) is 0 Å². The zero-order chi connectivity index (χ0) is 12.0. The summed E-state index contributed by atoms with van der Waals surface area (Å²) >= 11 is 0. The molecule has 0 bridgehead atoms. The van der Waals surface area contributed by atoms with Crippen molar-refractivity contribution >= 4 is 12.0 Å². The van der Waals surface area contributed by atoms with E-state index < -0.39 is 0 Å². The van der Waals surface area contributed by atoms with Gasteiger partial charge in [0.1, 0.15) is 0 Å². The zero-order valence-corrected chi connectivity index (χ0v) is 9.65. The van der Waals surface area contributed by atoms with Crippen LogP contribution >= 0.6 is 0 Å². The Balaban J connectivity index is 2.31. The lowest BCUT2D eigenvalue weighted by molar-refractivity contribution is -0.132. The topological polar surface area (TPSA) is 75.9 Å². The number of hydrogen-bond donors (Lipinski definition) is 1. The van der Waals surface area contributed by atoms with Gasteiger partial charge in [-0.05, 0) is 13.0 Å². The first-order valence-electron chi connectivity index (χ1n) is 5.49. The Kier molecular flexibility index (Phi) is 5.04. The molecule has 0 radical (unpaired) electrons. The normalized spacial score (nSPS) is 16.1. The molecule has 1 rings (SSSR count). The van der Waals surface area contributed by atoms with Crippen LogP contribution in [0.3, 0.4) is 0 Å². The van der Waals surface area contributed by atoms with Gasteiger partial charge in [0.2, 0.25) is 5.91 Å². The quantitative estimate of drug-likeness (QED) is 0.716. The van der Waals surface area contributed by atoms with Gasteiger partial charge in [-0.25, -0.2) is 4.79 Å². The molecule has 0 aliphatic carbocycles. The maximum atomic E-state index is 11.6. The molecule has 6 nitrogen and oxygen atoms in total. The van der Waals surface area contributed by atoms with Crippen molar-refractivity contribution in [3.63, 3.8) is 0 Å². The summed E-state index contributed by atoms with van der Waals surface area (Å²) in [7, 11) is 1.36. The Labute approximate surface area is 95.3 Å². The fourth-order valence-corrected chi connectivity index (χ4v) is 1.68. The van der Waals surface area contributed by atoms with Gasteiger partial charge < -0.3 is 20.3 Å². The highest BCUT2D eigenvalue weighted by atomic mass is 16.5. The van der Waals surface area contributed by atoms with Crippen molar-refractivity contribution in [3.05, 3.63) is 0 Å². The molecule has 2 N–H and O–H groups in total. The molecule has 0 saturated carbocycles. The lowest BCUT2D eigenvalue weighted by Crippen LogP contribution is -2.50. The largest absolute Gasteiger partial charge is 0.453 e. The molecule has 1 aliphatic heterocycles. The Morgan fingerprint density at radius 1 is 1.19 bits per heavy atom. The Morgan fingerprint density at radius 3 is 2.25 bits per heavy atom. The maximum absolute atomic E-state index is 11.6. The molecule has 1 saturated heterocycles. The molecule has 1 fully saturated rings. The van der Waals surface area contributed by atoms with Crippen molar-refractivity contribution in [3.8, 4) is 0 Å². The van der Waals surface area contributed by atoms with Crippen LogP contribution in [0.4, 0.5) is 4.79 Å². The van der Waals surface area contributed by atoms with E-state index >= 15 is 0 Å². The Hall–Kier alpha value is -1.30. The molecule has 0 spiro atoms. The third-order valence-electron chi connectivity index (χ3n) is 2.66. The van der Waals surface area contributed by atoms with E-state index in [1.165, 1.54) is 7.11 Å². The van der Waals surface area contributed by atoms with Crippen LogP contribution in [0, 0.1) is 0 Å². The summed E-state index contributed by atoms with van der Waals surface area (Å²) in [6.07, 6.45) is 0.888. The van der Waals surface area contributed by atoms with E-state index in [0.29, 0.717) is 39.1 Å². The average Bonchev–Trinajstić information content (AvgIpc) is 2.35. The third-order valence-corrected chi connectivity index (χ3v) is 2.66. The second kappa shape index (κ2) is 6.32. The fraction of sp³-hybridized carbons (Fsp3) is 0.800. The predicted octanol–water partition coefficient (Wildman–Crippen LogP) is -0.364. The number of ether oxygens (including phenoxy) is 1. The van der Waals surface area contributed by atoms with Crippen LogP contribution < -0.4 is 5.73 Å². The first-order valence-corrected chi connectivity index (χ1v) is 5.49. The van der Waals surface area contributed by atoms with E-state index in [9.17, 15) is 9.59 Å². The SMILES string of the molecule is COC(=O)N1CCN(C(=O)CCCN)CC1. The molecular formula is C10H19N3O3. The van der Waals surface area contributed by atoms with Gasteiger partial charge in [-0.2, -0.15) is 0 Å². The molecule has 0 unspecified atom stereocenters. The van der Waals surface area contributed by atoms with Crippen molar-refractivity contribution in [1.29, 1.82) is 0 Å². The first-order chi connectivity index (χ1) is 7.69. The molecule has 0 aromatic rings. The molecule has 2 amide bonds. The standard InChI is InChI=1S/C10H19N3O3/c1-16-10(15)13-7-5-12(6-8-13)9(14)3-2-4-11/h2-8,11H2,1H3. The number of hydrogen-bond acceptors (Lipinski definition) is 4. The summed E-state index contributed by atoms with van der Waals surface area (Å²) in [4.78, 5) is 26.2. The highest BCUT2D eigenvalue weighted by molar-refractivity contribution is 5.76. The number of nitrogens with two attached hydrogens (primary N) is 1. The lowest BCUT2D eigenvalue weighted by atomic mass is 10.2. The highest BCUT2D eigenvalue weighted by Crippen LogP contribution is 2.05. The number of methoxy groups -OCH3 is 1. The van der Waals surface area contributed by atoms with E-state index in [4.69, 9.17) is 5.73 Å². The molecule has 16 heavy (non-hydrogen) atoms. The van der Waals surface area contributed by atoms with Crippen molar-refractivity contribution in [1.82, 2.24) is 9.80 Å². The van der Waals surface area contributed by atoms with E-state index in [-0.39, 0.29) is 12.0 Å². The van der Waals surface area contributed by atoms with Crippen molar-refractivity contribution in [2.24, 2.45) is 5.73 Å². The van der Waals surface area contributed by atoms with Gasteiger partial charge >= 0.3 is 6.09 Å².